The maximum absolute atomic E-state index is 5.40. The zero-order valence-corrected chi connectivity index (χ0v) is 9.94. The number of nitrogens with zero attached hydrogens (tertiary/aromatic N) is 1. The molecule has 0 amide bonds. The van der Waals surface area contributed by atoms with Crippen molar-refractivity contribution in [3.63, 3.8) is 0 Å². The molecule has 0 saturated carbocycles. The Kier molecular flexibility index (Phi) is 7.35. The van der Waals surface area contributed by atoms with Gasteiger partial charge in [0.05, 0.1) is 0 Å². The summed E-state index contributed by atoms with van der Waals surface area (Å²) in [6.45, 7) is 0.761. The Labute approximate surface area is 98.6 Å². The molecular formula is C14H22N2. The van der Waals surface area contributed by atoms with E-state index < -0.39 is 0 Å². The van der Waals surface area contributed by atoms with Crippen molar-refractivity contribution >= 4 is 0 Å². The summed E-state index contributed by atoms with van der Waals surface area (Å²) in [5.41, 5.74) is 6.75. The van der Waals surface area contributed by atoms with Crippen molar-refractivity contribution in [3.05, 3.63) is 42.2 Å². The standard InChI is InChI=1S/C14H22N2/c15-11-7-5-3-1-2-4-6-9-14-10-8-12-16-13-14/h3,5,8,10,12-13H,1-2,4,6-7,9,11,15H2/b5-3+. The molecule has 16 heavy (non-hydrogen) atoms. The lowest BCUT2D eigenvalue weighted by atomic mass is 10.1. The lowest BCUT2D eigenvalue weighted by Crippen LogP contribution is -1.94. The first-order valence-corrected chi connectivity index (χ1v) is 6.17. The van der Waals surface area contributed by atoms with E-state index in [0.717, 1.165) is 19.4 Å². The molecule has 0 aliphatic carbocycles. The van der Waals surface area contributed by atoms with Gasteiger partial charge in [-0.25, -0.2) is 0 Å². The normalized spacial score (nSPS) is 11.1. The van der Waals surface area contributed by atoms with Gasteiger partial charge in [0.2, 0.25) is 0 Å². The zero-order valence-electron chi connectivity index (χ0n) is 9.94. The zero-order chi connectivity index (χ0) is 11.5. The third kappa shape index (κ3) is 6.36. The van der Waals surface area contributed by atoms with E-state index >= 15 is 0 Å². The highest BCUT2D eigenvalue weighted by atomic mass is 14.6. The van der Waals surface area contributed by atoms with Gasteiger partial charge in [-0.05, 0) is 50.3 Å². The Morgan fingerprint density at radius 2 is 2.00 bits per heavy atom. The number of rotatable bonds is 8. The lowest BCUT2D eigenvalue weighted by Gasteiger charge is -1.99. The van der Waals surface area contributed by atoms with Gasteiger partial charge in [0.15, 0.2) is 0 Å². The van der Waals surface area contributed by atoms with Crippen molar-refractivity contribution in [3.8, 4) is 0 Å². The van der Waals surface area contributed by atoms with Gasteiger partial charge in [0.25, 0.3) is 0 Å². The highest BCUT2D eigenvalue weighted by molar-refractivity contribution is 5.08. The van der Waals surface area contributed by atoms with Crippen LogP contribution in [-0.2, 0) is 6.42 Å². The van der Waals surface area contributed by atoms with Crippen LogP contribution in [-0.4, -0.2) is 11.5 Å². The van der Waals surface area contributed by atoms with Gasteiger partial charge in [0.1, 0.15) is 0 Å². The molecule has 2 heteroatoms. The number of hydrogen-bond donors (Lipinski definition) is 1. The van der Waals surface area contributed by atoms with E-state index in [4.69, 9.17) is 5.73 Å². The quantitative estimate of drug-likeness (QED) is 0.538. The molecule has 1 aromatic rings. The molecule has 0 aromatic carbocycles. The van der Waals surface area contributed by atoms with E-state index in [-0.39, 0.29) is 0 Å². The average Bonchev–Trinajstić information content (AvgIpc) is 2.34. The van der Waals surface area contributed by atoms with Crippen molar-refractivity contribution in [2.45, 2.75) is 38.5 Å². The fourth-order valence-corrected chi connectivity index (χ4v) is 1.65. The van der Waals surface area contributed by atoms with Crippen molar-refractivity contribution < 1.29 is 0 Å². The predicted molar refractivity (Wildman–Crippen MR) is 69.2 cm³/mol. The van der Waals surface area contributed by atoms with Crippen molar-refractivity contribution in [1.82, 2.24) is 4.98 Å². The fraction of sp³-hybridized carbons (Fsp3) is 0.500. The number of aryl methyl sites for hydroxylation is 1. The molecule has 2 nitrogen and oxygen atoms in total. The van der Waals surface area contributed by atoms with Crippen LogP contribution in [0.25, 0.3) is 0 Å². The molecule has 0 spiro atoms. The summed E-state index contributed by atoms with van der Waals surface area (Å²) < 4.78 is 0. The lowest BCUT2D eigenvalue weighted by molar-refractivity contribution is 0.685. The molecule has 1 rings (SSSR count). The van der Waals surface area contributed by atoms with Gasteiger partial charge < -0.3 is 5.73 Å². The smallest absolute Gasteiger partial charge is 0.0299 e. The summed E-state index contributed by atoms with van der Waals surface area (Å²) in [5, 5.41) is 0. The molecule has 0 saturated heterocycles. The SMILES string of the molecule is NCC/C=C/CCCCCc1cccnc1. The molecule has 0 aliphatic heterocycles. The Morgan fingerprint density at radius 1 is 1.12 bits per heavy atom. The molecule has 0 radical (unpaired) electrons. The Balaban J connectivity index is 1.96. The second-order valence-corrected chi connectivity index (χ2v) is 4.01. The number of nitrogens with two attached hydrogens (primary N) is 1. The van der Waals surface area contributed by atoms with Crippen LogP contribution in [0.4, 0.5) is 0 Å². The largest absolute Gasteiger partial charge is 0.330 e. The number of aromatic nitrogens is 1. The van der Waals surface area contributed by atoms with Crippen LogP contribution in [0.2, 0.25) is 0 Å². The van der Waals surface area contributed by atoms with Gasteiger partial charge in [-0.3, -0.25) is 4.98 Å². The minimum atomic E-state index is 0.761. The van der Waals surface area contributed by atoms with Crippen molar-refractivity contribution in [2.24, 2.45) is 5.73 Å². The Bertz CT molecular complexity index is 280. The molecule has 88 valence electrons. The molecule has 0 aliphatic rings. The maximum Gasteiger partial charge on any atom is 0.0299 e. The van der Waals surface area contributed by atoms with Gasteiger partial charge in [-0.15, -0.1) is 0 Å². The average molecular weight is 218 g/mol. The molecular weight excluding hydrogens is 196 g/mol. The monoisotopic (exact) mass is 218 g/mol. The van der Waals surface area contributed by atoms with E-state index in [0.29, 0.717) is 0 Å². The summed E-state index contributed by atoms with van der Waals surface area (Å²) in [4.78, 5) is 4.11. The van der Waals surface area contributed by atoms with Crippen LogP contribution in [0.15, 0.2) is 36.7 Å². The number of unbranched alkanes of at least 4 members (excludes halogenated alkanes) is 3. The van der Waals surface area contributed by atoms with E-state index in [9.17, 15) is 0 Å². The molecule has 1 aromatic heterocycles. The van der Waals surface area contributed by atoms with Crippen molar-refractivity contribution in [2.75, 3.05) is 6.54 Å². The van der Waals surface area contributed by atoms with Crippen LogP contribution >= 0.6 is 0 Å². The van der Waals surface area contributed by atoms with E-state index in [2.05, 4.69) is 23.2 Å². The summed E-state index contributed by atoms with van der Waals surface area (Å²) in [7, 11) is 0. The van der Waals surface area contributed by atoms with Crippen LogP contribution in [0.1, 0.15) is 37.7 Å². The fourth-order valence-electron chi connectivity index (χ4n) is 1.65. The van der Waals surface area contributed by atoms with E-state index in [1.54, 1.807) is 0 Å². The highest BCUT2D eigenvalue weighted by Gasteiger charge is 1.92. The van der Waals surface area contributed by atoms with Crippen molar-refractivity contribution in [1.29, 1.82) is 0 Å². The minimum absolute atomic E-state index is 0.761. The van der Waals surface area contributed by atoms with Gasteiger partial charge in [-0.1, -0.05) is 24.6 Å². The first kappa shape index (κ1) is 12.9. The molecule has 0 unspecified atom stereocenters. The molecule has 0 fully saturated rings. The summed E-state index contributed by atoms with van der Waals surface area (Å²) in [6.07, 6.45) is 15.4. The maximum atomic E-state index is 5.40. The highest BCUT2D eigenvalue weighted by Crippen LogP contribution is 2.06. The number of hydrogen-bond acceptors (Lipinski definition) is 2. The van der Waals surface area contributed by atoms with Gasteiger partial charge >= 0.3 is 0 Å². The second kappa shape index (κ2) is 9.10. The molecule has 0 atom stereocenters. The van der Waals surface area contributed by atoms with E-state index in [1.807, 2.05) is 18.5 Å². The second-order valence-electron chi connectivity index (χ2n) is 4.01. The summed E-state index contributed by atoms with van der Waals surface area (Å²) >= 11 is 0. The Morgan fingerprint density at radius 3 is 2.75 bits per heavy atom. The number of allylic oxidation sites excluding steroid dienone is 1. The van der Waals surface area contributed by atoms with Gasteiger partial charge in [0, 0.05) is 12.4 Å². The third-order valence-electron chi connectivity index (χ3n) is 2.56. The van der Waals surface area contributed by atoms with Crippen LogP contribution < -0.4 is 5.73 Å². The molecule has 1 heterocycles. The van der Waals surface area contributed by atoms with Crippen LogP contribution in [0, 0.1) is 0 Å². The molecule has 0 bridgehead atoms. The summed E-state index contributed by atoms with van der Waals surface area (Å²) in [5.74, 6) is 0. The third-order valence-corrected chi connectivity index (χ3v) is 2.56. The van der Waals surface area contributed by atoms with Gasteiger partial charge in [-0.2, -0.15) is 0 Å². The molecule has 2 N–H and O–H groups in total. The predicted octanol–water partition coefficient (Wildman–Crippen LogP) is 3.09. The van der Waals surface area contributed by atoms with Crippen LogP contribution in [0.3, 0.4) is 0 Å². The Hall–Kier alpha value is -1.15. The first-order valence-electron chi connectivity index (χ1n) is 6.17. The summed E-state index contributed by atoms with van der Waals surface area (Å²) in [6, 6.07) is 4.15. The topological polar surface area (TPSA) is 38.9 Å². The van der Waals surface area contributed by atoms with Crippen LogP contribution in [0.5, 0.6) is 0 Å². The minimum Gasteiger partial charge on any atom is -0.330 e. The first-order chi connectivity index (χ1) is 7.93. The number of pyridine rings is 1. The van der Waals surface area contributed by atoms with E-state index in [1.165, 1.54) is 31.2 Å².